The van der Waals surface area contributed by atoms with Gasteiger partial charge in [0.2, 0.25) is 10.0 Å². The van der Waals surface area contributed by atoms with Crippen LogP contribution >= 0.6 is 0 Å². The average molecular weight is 430 g/mol. The highest BCUT2D eigenvalue weighted by atomic mass is 32.2. The summed E-state index contributed by atoms with van der Waals surface area (Å²) in [5.41, 5.74) is -0.958. The standard InChI is InChI=1S/C19H21F3N2O4S/c1-11(2)24-29(26,27)17-9-13(6-8-16(17)28-4)18(25)23-14-7-5-12(3)15(10-14)19(20,21)22/h5-11,24H,1-4H3,(H,23,25). The van der Waals surface area contributed by atoms with Crippen LogP contribution in [-0.4, -0.2) is 27.5 Å². The first kappa shape index (κ1) is 22.7. The molecule has 0 saturated carbocycles. The first-order valence-corrected chi connectivity index (χ1v) is 10.0. The Bertz CT molecular complexity index is 1020. The van der Waals surface area contributed by atoms with Gasteiger partial charge in [0.05, 0.1) is 12.7 Å². The molecule has 29 heavy (non-hydrogen) atoms. The first-order chi connectivity index (χ1) is 13.3. The first-order valence-electron chi connectivity index (χ1n) is 8.54. The van der Waals surface area contributed by atoms with E-state index in [-0.39, 0.29) is 27.5 Å². The normalized spacial score (nSPS) is 12.1. The van der Waals surface area contributed by atoms with E-state index in [4.69, 9.17) is 4.74 Å². The van der Waals surface area contributed by atoms with Crippen molar-refractivity contribution in [2.75, 3.05) is 12.4 Å². The zero-order chi connectivity index (χ0) is 22.0. The zero-order valence-electron chi connectivity index (χ0n) is 16.2. The largest absolute Gasteiger partial charge is 0.495 e. The molecule has 2 aromatic rings. The minimum absolute atomic E-state index is 0.0214. The molecule has 6 nitrogen and oxygen atoms in total. The zero-order valence-corrected chi connectivity index (χ0v) is 17.0. The summed E-state index contributed by atoms with van der Waals surface area (Å²) in [6.07, 6.45) is -4.56. The van der Waals surface area contributed by atoms with Crippen LogP contribution in [0.25, 0.3) is 0 Å². The molecule has 0 aliphatic rings. The number of amides is 1. The summed E-state index contributed by atoms with van der Waals surface area (Å²) in [6.45, 7) is 4.59. The van der Waals surface area contributed by atoms with Crippen LogP contribution in [0.15, 0.2) is 41.3 Å². The van der Waals surface area contributed by atoms with Crippen molar-refractivity contribution in [2.45, 2.75) is 37.9 Å². The van der Waals surface area contributed by atoms with Crippen LogP contribution in [-0.2, 0) is 16.2 Å². The van der Waals surface area contributed by atoms with Crippen LogP contribution in [0.3, 0.4) is 0 Å². The lowest BCUT2D eigenvalue weighted by molar-refractivity contribution is -0.138. The highest BCUT2D eigenvalue weighted by molar-refractivity contribution is 7.89. The van der Waals surface area contributed by atoms with Gasteiger partial charge in [-0.15, -0.1) is 0 Å². The third kappa shape index (κ3) is 5.48. The SMILES string of the molecule is COc1ccc(C(=O)Nc2ccc(C)c(C(F)(F)F)c2)cc1S(=O)(=O)NC(C)C. The number of alkyl halides is 3. The van der Waals surface area contributed by atoms with Crippen molar-refractivity contribution < 1.29 is 31.1 Å². The second kappa shape index (κ2) is 8.42. The Balaban J connectivity index is 2.39. The maximum Gasteiger partial charge on any atom is 0.416 e. The molecular formula is C19H21F3N2O4S. The third-order valence-corrected chi connectivity index (χ3v) is 5.59. The fraction of sp³-hybridized carbons (Fsp3) is 0.316. The van der Waals surface area contributed by atoms with E-state index in [0.717, 1.165) is 12.1 Å². The van der Waals surface area contributed by atoms with Gasteiger partial charge >= 0.3 is 6.18 Å². The van der Waals surface area contributed by atoms with Gasteiger partial charge in [0, 0.05) is 17.3 Å². The third-order valence-electron chi connectivity index (χ3n) is 3.91. The summed E-state index contributed by atoms with van der Waals surface area (Å²) < 4.78 is 71.6. The van der Waals surface area contributed by atoms with Crippen molar-refractivity contribution in [1.29, 1.82) is 0 Å². The highest BCUT2D eigenvalue weighted by Gasteiger charge is 2.32. The van der Waals surface area contributed by atoms with Gasteiger partial charge in [-0.25, -0.2) is 13.1 Å². The summed E-state index contributed by atoms with van der Waals surface area (Å²) in [7, 11) is -2.68. The summed E-state index contributed by atoms with van der Waals surface area (Å²) in [5, 5.41) is 2.36. The van der Waals surface area contributed by atoms with Crippen LogP contribution < -0.4 is 14.8 Å². The number of ether oxygens (including phenoxy) is 1. The maximum absolute atomic E-state index is 13.1. The number of aryl methyl sites for hydroxylation is 1. The molecular weight excluding hydrogens is 409 g/mol. The minimum atomic E-state index is -4.56. The number of carbonyl (C=O) groups is 1. The lowest BCUT2D eigenvalue weighted by atomic mass is 10.1. The number of hydrogen-bond acceptors (Lipinski definition) is 4. The molecule has 158 valence electrons. The van der Waals surface area contributed by atoms with Crippen LogP contribution in [0.2, 0.25) is 0 Å². The van der Waals surface area contributed by atoms with Crippen LogP contribution in [0, 0.1) is 6.92 Å². The Hall–Kier alpha value is -2.59. The van der Waals surface area contributed by atoms with E-state index < -0.39 is 33.7 Å². The summed E-state index contributed by atoms with van der Waals surface area (Å²) >= 11 is 0. The summed E-state index contributed by atoms with van der Waals surface area (Å²) in [4.78, 5) is 12.3. The Morgan fingerprint density at radius 3 is 2.31 bits per heavy atom. The smallest absolute Gasteiger partial charge is 0.416 e. The topological polar surface area (TPSA) is 84.5 Å². The highest BCUT2D eigenvalue weighted by Crippen LogP contribution is 2.33. The molecule has 1 amide bonds. The second-order valence-corrected chi connectivity index (χ2v) is 8.31. The van der Waals surface area contributed by atoms with Crippen molar-refractivity contribution >= 4 is 21.6 Å². The van der Waals surface area contributed by atoms with Crippen molar-refractivity contribution in [3.8, 4) is 5.75 Å². The molecule has 0 spiro atoms. The van der Waals surface area contributed by atoms with E-state index in [0.29, 0.717) is 0 Å². The Morgan fingerprint density at radius 1 is 1.10 bits per heavy atom. The lowest BCUT2D eigenvalue weighted by Crippen LogP contribution is -2.30. The van der Waals surface area contributed by atoms with E-state index >= 15 is 0 Å². The number of halogens is 3. The monoisotopic (exact) mass is 430 g/mol. The molecule has 2 N–H and O–H groups in total. The predicted molar refractivity (Wildman–Crippen MR) is 103 cm³/mol. The van der Waals surface area contributed by atoms with Gasteiger partial charge in [0.25, 0.3) is 5.91 Å². The molecule has 0 aliphatic heterocycles. The fourth-order valence-electron chi connectivity index (χ4n) is 2.61. The molecule has 0 fully saturated rings. The van der Waals surface area contributed by atoms with Gasteiger partial charge in [0.15, 0.2) is 0 Å². The number of hydrogen-bond donors (Lipinski definition) is 2. The minimum Gasteiger partial charge on any atom is -0.495 e. The van der Waals surface area contributed by atoms with Gasteiger partial charge in [-0.2, -0.15) is 13.2 Å². The Morgan fingerprint density at radius 2 is 1.76 bits per heavy atom. The maximum atomic E-state index is 13.1. The molecule has 10 heteroatoms. The number of nitrogens with one attached hydrogen (secondary N) is 2. The van der Waals surface area contributed by atoms with Gasteiger partial charge in [-0.05, 0) is 56.7 Å². The van der Waals surface area contributed by atoms with E-state index in [9.17, 15) is 26.4 Å². The van der Waals surface area contributed by atoms with Gasteiger partial charge < -0.3 is 10.1 Å². The summed E-state index contributed by atoms with van der Waals surface area (Å²) in [5.74, 6) is -0.727. The van der Waals surface area contributed by atoms with Crippen molar-refractivity contribution in [3.05, 3.63) is 53.1 Å². The van der Waals surface area contributed by atoms with Crippen LogP contribution in [0.1, 0.15) is 35.3 Å². The molecule has 2 aromatic carbocycles. The summed E-state index contributed by atoms with van der Waals surface area (Å²) in [6, 6.07) is 6.75. The Kier molecular flexibility index (Phi) is 6.59. The van der Waals surface area contributed by atoms with E-state index in [2.05, 4.69) is 10.0 Å². The van der Waals surface area contributed by atoms with Gasteiger partial charge in [-0.1, -0.05) is 6.07 Å². The quantitative estimate of drug-likeness (QED) is 0.727. The second-order valence-electron chi connectivity index (χ2n) is 6.62. The molecule has 0 saturated heterocycles. The molecule has 0 bridgehead atoms. The number of carbonyl (C=O) groups excluding carboxylic acids is 1. The predicted octanol–water partition coefficient (Wildman–Crippen LogP) is 3.96. The molecule has 0 atom stereocenters. The number of anilines is 1. The molecule has 0 aliphatic carbocycles. The molecule has 2 rings (SSSR count). The van der Waals surface area contributed by atoms with E-state index in [1.54, 1.807) is 13.8 Å². The van der Waals surface area contributed by atoms with E-state index in [1.807, 2.05) is 0 Å². The van der Waals surface area contributed by atoms with Gasteiger partial charge in [-0.3, -0.25) is 4.79 Å². The lowest BCUT2D eigenvalue weighted by Gasteiger charge is -2.15. The number of methoxy groups -OCH3 is 1. The van der Waals surface area contributed by atoms with Crippen LogP contribution in [0.4, 0.5) is 18.9 Å². The number of rotatable bonds is 6. The molecule has 0 radical (unpaired) electrons. The van der Waals surface area contributed by atoms with Gasteiger partial charge in [0.1, 0.15) is 10.6 Å². The molecule has 0 aromatic heterocycles. The number of benzene rings is 2. The molecule has 0 unspecified atom stereocenters. The van der Waals surface area contributed by atoms with Crippen molar-refractivity contribution in [2.24, 2.45) is 0 Å². The fourth-order valence-corrected chi connectivity index (χ4v) is 4.06. The Labute approximate surface area is 167 Å². The number of sulfonamides is 1. The average Bonchev–Trinajstić information content (AvgIpc) is 2.60. The van der Waals surface area contributed by atoms with E-state index in [1.165, 1.54) is 38.3 Å². The van der Waals surface area contributed by atoms with Crippen LogP contribution in [0.5, 0.6) is 5.75 Å². The van der Waals surface area contributed by atoms with Crippen molar-refractivity contribution in [1.82, 2.24) is 4.72 Å². The van der Waals surface area contributed by atoms with Crippen molar-refractivity contribution in [3.63, 3.8) is 0 Å². The molecule has 0 heterocycles.